The lowest BCUT2D eigenvalue weighted by Crippen LogP contribution is -2.44. The van der Waals surface area contributed by atoms with Crippen LogP contribution in [0.1, 0.15) is 18.9 Å². The van der Waals surface area contributed by atoms with Crippen LogP contribution >= 0.6 is 0 Å². The first kappa shape index (κ1) is 15.6. The van der Waals surface area contributed by atoms with E-state index >= 15 is 0 Å². The van der Waals surface area contributed by atoms with Crippen molar-refractivity contribution in [1.82, 2.24) is 4.90 Å². The van der Waals surface area contributed by atoms with Gasteiger partial charge in [-0.05, 0) is 18.9 Å². The van der Waals surface area contributed by atoms with Crippen LogP contribution < -0.4 is 0 Å². The summed E-state index contributed by atoms with van der Waals surface area (Å²) in [5, 5.41) is 0. The third-order valence-corrected chi connectivity index (χ3v) is 3.42. The summed E-state index contributed by atoms with van der Waals surface area (Å²) < 4.78 is 32.9. The van der Waals surface area contributed by atoms with Crippen LogP contribution in [-0.4, -0.2) is 36.5 Å². The number of ether oxygens (including phenoxy) is 1. The van der Waals surface area contributed by atoms with Crippen molar-refractivity contribution in [1.29, 1.82) is 0 Å². The summed E-state index contributed by atoms with van der Waals surface area (Å²) in [6.07, 6.45) is 1.13. The molecule has 0 bridgehead atoms. The Morgan fingerprint density at radius 1 is 1.38 bits per heavy atom. The fourth-order valence-corrected chi connectivity index (χ4v) is 2.40. The summed E-state index contributed by atoms with van der Waals surface area (Å²) in [5.74, 6) is -3.68. The molecule has 5 heteroatoms. The highest BCUT2D eigenvalue weighted by Crippen LogP contribution is 2.32. The smallest absolute Gasteiger partial charge is 0.330 e. The predicted octanol–water partition coefficient (Wildman–Crippen LogP) is 3.02. The van der Waals surface area contributed by atoms with Crippen molar-refractivity contribution in [3.63, 3.8) is 0 Å². The number of hydrogen-bond donors (Lipinski definition) is 0. The van der Waals surface area contributed by atoms with Gasteiger partial charge in [0.2, 0.25) is 0 Å². The van der Waals surface area contributed by atoms with Gasteiger partial charge < -0.3 is 4.74 Å². The van der Waals surface area contributed by atoms with Crippen molar-refractivity contribution in [3.8, 4) is 0 Å². The van der Waals surface area contributed by atoms with Gasteiger partial charge in [0.1, 0.15) is 0 Å². The molecular formula is C16H19F2NO2. The fraction of sp³-hybridized carbons (Fsp3) is 0.438. The lowest BCUT2D eigenvalue weighted by molar-refractivity contribution is -0.137. The SMILES string of the molecule is CCOC(=O)C=C1CCN(Cc2ccccc2)CC1(F)F. The van der Waals surface area contributed by atoms with Crippen molar-refractivity contribution < 1.29 is 18.3 Å². The minimum atomic E-state index is -2.99. The average molecular weight is 295 g/mol. The van der Waals surface area contributed by atoms with Crippen LogP contribution in [0.15, 0.2) is 42.0 Å². The highest BCUT2D eigenvalue weighted by atomic mass is 19.3. The highest BCUT2D eigenvalue weighted by Gasteiger charge is 2.40. The van der Waals surface area contributed by atoms with Crippen LogP contribution in [0, 0.1) is 0 Å². The van der Waals surface area contributed by atoms with E-state index in [2.05, 4.69) is 0 Å². The molecule has 3 nitrogen and oxygen atoms in total. The Bertz CT molecular complexity index is 514. The molecule has 1 fully saturated rings. The monoisotopic (exact) mass is 295 g/mol. The van der Waals surface area contributed by atoms with Crippen LogP contribution in [0.2, 0.25) is 0 Å². The van der Waals surface area contributed by atoms with Gasteiger partial charge in [-0.3, -0.25) is 4.90 Å². The first-order chi connectivity index (χ1) is 10.0. The second kappa shape index (κ2) is 6.80. The van der Waals surface area contributed by atoms with Crippen LogP contribution in [-0.2, 0) is 16.1 Å². The Morgan fingerprint density at radius 2 is 2.10 bits per heavy atom. The number of piperidine rings is 1. The number of carbonyl (C=O) groups excluding carboxylic acids is 1. The topological polar surface area (TPSA) is 29.5 Å². The molecule has 0 spiro atoms. The maximum Gasteiger partial charge on any atom is 0.330 e. The number of alkyl halides is 2. The molecule has 1 aromatic carbocycles. The van der Waals surface area contributed by atoms with E-state index in [0.717, 1.165) is 11.6 Å². The standard InChI is InChI=1S/C16H19F2NO2/c1-2-21-15(20)10-14-8-9-19(12-16(14,17)18)11-13-6-4-3-5-7-13/h3-7,10H,2,8-9,11-12H2,1H3. The number of halogens is 2. The fourth-order valence-electron chi connectivity index (χ4n) is 2.40. The van der Waals surface area contributed by atoms with Crippen molar-refractivity contribution >= 4 is 5.97 Å². The van der Waals surface area contributed by atoms with Crippen LogP contribution in [0.3, 0.4) is 0 Å². The van der Waals surface area contributed by atoms with Crippen LogP contribution in [0.5, 0.6) is 0 Å². The van der Waals surface area contributed by atoms with E-state index in [0.29, 0.717) is 13.1 Å². The number of rotatable bonds is 4. The minimum Gasteiger partial charge on any atom is -0.463 e. The highest BCUT2D eigenvalue weighted by molar-refractivity contribution is 5.83. The van der Waals surface area contributed by atoms with Gasteiger partial charge >= 0.3 is 5.97 Å². The zero-order chi connectivity index (χ0) is 15.3. The molecule has 0 amide bonds. The molecule has 1 saturated heterocycles. The molecule has 0 N–H and O–H groups in total. The first-order valence-corrected chi connectivity index (χ1v) is 7.03. The van der Waals surface area contributed by atoms with E-state index in [1.54, 1.807) is 11.8 Å². The summed E-state index contributed by atoms with van der Waals surface area (Å²) in [6, 6.07) is 9.52. The molecule has 0 saturated carbocycles. The number of hydrogen-bond acceptors (Lipinski definition) is 3. The zero-order valence-electron chi connectivity index (χ0n) is 12.0. The number of benzene rings is 1. The Balaban J connectivity index is 2.00. The molecule has 0 atom stereocenters. The van der Waals surface area contributed by atoms with Gasteiger partial charge in [0.25, 0.3) is 5.92 Å². The minimum absolute atomic E-state index is 0.134. The van der Waals surface area contributed by atoms with Gasteiger partial charge in [-0.15, -0.1) is 0 Å². The first-order valence-electron chi connectivity index (χ1n) is 7.03. The second-order valence-corrected chi connectivity index (χ2v) is 5.07. The number of carbonyl (C=O) groups is 1. The Hall–Kier alpha value is -1.75. The maximum absolute atomic E-state index is 14.1. The number of esters is 1. The Morgan fingerprint density at radius 3 is 2.71 bits per heavy atom. The third kappa shape index (κ3) is 4.36. The molecule has 1 aromatic rings. The van der Waals surface area contributed by atoms with Crippen LogP contribution in [0.25, 0.3) is 0 Å². The van der Waals surface area contributed by atoms with E-state index < -0.39 is 11.9 Å². The third-order valence-electron chi connectivity index (χ3n) is 3.42. The van der Waals surface area contributed by atoms with E-state index in [9.17, 15) is 13.6 Å². The van der Waals surface area contributed by atoms with E-state index in [4.69, 9.17) is 4.74 Å². The normalized spacial score (nSPS) is 20.4. The summed E-state index contributed by atoms with van der Waals surface area (Å²) in [6.45, 7) is 2.47. The summed E-state index contributed by atoms with van der Waals surface area (Å²) in [7, 11) is 0. The quantitative estimate of drug-likeness (QED) is 0.631. The second-order valence-electron chi connectivity index (χ2n) is 5.07. The molecule has 1 aliphatic heterocycles. The summed E-state index contributed by atoms with van der Waals surface area (Å²) in [4.78, 5) is 13.0. The van der Waals surface area contributed by atoms with Gasteiger partial charge in [-0.1, -0.05) is 30.3 Å². The molecule has 1 heterocycles. The molecule has 0 radical (unpaired) electrons. The molecular weight excluding hydrogens is 276 g/mol. The van der Waals surface area contributed by atoms with Crippen LogP contribution in [0.4, 0.5) is 8.78 Å². The van der Waals surface area contributed by atoms with Crippen molar-refractivity contribution in [2.45, 2.75) is 25.8 Å². The molecule has 0 aliphatic carbocycles. The lowest BCUT2D eigenvalue weighted by Gasteiger charge is -2.34. The molecule has 0 unspecified atom stereocenters. The molecule has 1 aliphatic rings. The Kier molecular flexibility index (Phi) is 5.07. The largest absolute Gasteiger partial charge is 0.463 e. The van der Waals surface area contributed by atoms with Crippen molar-refractivity contribution in [2.75, 3.05) is 19.7 Å². The lowest BCUT2D eigenvalue weighted by atomic mass is 9.99. The molecule has 114 valence electrons. The van der Waals surface area contributed by atoms with Crippen molar-refractivity contribution in [3.05, 3.63) is 47.5 Å². The van der Waals surface area contributed by atoms with E-state index in [-0.39, 0.29) is 25.1 Å². The maximum atomic E-state index is 14.1. The predicted molar refractivity (Wildman–Crippen MR) is 76.0 cm³/mol. The number of nitrogens with zero attached hydrogens (tertiary/aromatic N) is 1. The van der Waals surface area contributed by atoms with Gasteiger partial charge in [-0.25, -0.2) is 13.6 Å². The van der Waals surface area contributed by atoms with Gasteiger partial charge in [0.15, 0.2) is 0 Å². The average Bonchev–Trinajstić information content (AvgIpc) is 2.43. The van der Waals surface area contributed by atoms with Gasteiger partial charge in [-0.2, -0.15) is 0 Å². The summed E-state index contributed by atoms with van der Waals surface area (Å²) in [5.41, 5.74) is 0.872. The van der Waals surface area contributed by atoms with Crippen molar-refractivity contribution in [2.24, 2.45) is 0 Å². The molecule has 0 aromatic heterocycles. The molecule has 2 rings (SSSR count). The van der Waals surface area contributed by atoms with Gasteiger partial charge in [0.05, 0.1) is 13.2 Å². The van der Waals surface area contributed by atoms with E-state index in [1.807, 2.05) is 30.3 Å². The van der Waals surface area contributed by atoms with Gasteiger partial charge in [0, 0.05) is 24.7 Å². The zero-order valence-corrected chi connectivity index (χ0v) is 12.0. The number of likely N-dealkylation sites (tertiary alicyclic amines) is 1. The summed E-state index contributed by atoms with van der Waals surface area (Å²) >= 11 is 0. The van der Waals surface area contributed by atoms with E-state index in [1.165, 1.54) is 0 Å². The Labute approximate surface area is 123 Å². The molecule has 21 heavy (non-hydrogen) atoms.